The molecule has 1 N–H and O–H groups in total. The summed E-state index contributed by atoms with van der Waals surface area (Å²) in [6.45, 7) is 5.54. The largest absolute Gasteiger partial charge is 0.307 e. The van der Waals surface area contributed by atoms with Crippen molar-refractivity contribution in [3.63, 3.8) is 0 Å². The number of hydrogen-bond acceptors (Lipinski definition) is 4. The van der Waals surface area contributed by atoms with Crippen LogP contribution < -0.4 is 5.32 Å². The van der Waals surface area contributed by atoms with E-state index in [1.54, 1.807) is 23.5 Å². The van der Waals surface area contributed by atoms with Crippen molar-refractivity contribution in [3.05, 3.63) is 88.4 Å². The Kier molecular flexibility index (Phi) is 5.32. The molecule has 2 aromatic carbocycles. The lowest BCUT2D eigenvalue weighted by atomic mass is 10.2. The van der Waals surface area contributed by atoms with Crippen molar-refractivity contribution in [1.82, 2.24) is 20.1 Å². The first kappa shape index (κ1) is 18.5. The molecule has 2 heterocycles. The van der Waals surface area contributed by atoms with Gasteiger partial charge in [0.25, 0.3) is 0 Å². The molecule has 0 radical (unpaired) electrons. The summed E-state index contributed by atoms with van der Waals surface area (Å²) in [6, 6.07) is 16.6. The van der Waals surface area contributed by atoms with Gasteiger partial charge in [0, 0.05) is 35.3 Å². The van der Waals surface area contributed by atoms with E-state index >= 15 is 0 Å². The molecule has 0 amide bonds. The van der Waals surface area contributed by atoms with Crippen LogP contribution in [-0.2, 0) is 13.1 Å². The molecular formula is C22H21FN4S. The molecule has 0 unspecified atom stereocenters. The molecule has 0 bridgehead atoms. The fraction of sp³-hybridized carbons (Fsp3) is 0.182. The lowest BCUT2D eigenvalue weighted by molar-refractivity contribution is 0.628. The maximum atomic E-state index is 13.1. The average molecular weight is 393 g/mol. The van der Waals surface area contributed by atoms with E-state index in [4.69, 9.17) is 0 Å². The van der Waals surface area contributed by atoms with Crippen molar-refractivity contribution in [3.8, 4) is 16.3 Å². The second kappa shape index (κ2) is 8.04. The van der Waals surface area contributed by atoms with E-state index in [2.05, 4.69) is 34.5 Å². The van der Waals surface area contributed by atoms with Crippen LogP contribution in [0.5, 0.6) is 0 Å². The van der Waals surface area contributed by atoms with Crippen LogP contribution in [0.15, 0.2) is 60.0 Å². The second-order valence-corrected chi connectivity index (χ2v) is 7.51. The van der Waals surface area contributed by atoms with Gasteiger partial charge < -0.3 is 5.32 Å². The van der Waals surface area contributed by atoms with Gasteiger partial charge in [-0.2, -0.15) is 5.10 Å². The van der Waals surface area contributed by atoms with Crippen LogP contribution >= 0.6 is 11.3 Å². The number of aromatic nitrogens is 3. The molecule has 0 atom stereocenters. The van der Waals surface area contributed by atoms with Crippen LogP contribution in [0.25, 0.3) is 16.3 Å². The summed E-state index contributed by atoms with van der Waals surface area (Å²) in [5, 5.41) is 11.1. The molecule has 0 saturated heterocycles. The van der Waals surface area contributed by atoms with Crippen LogP contribution in [0.1, 0.15) is 22.6 Å². The van der Waals surface area contributed by atoms with E-state index in [1.165, 1.54) is 17.7 Å². The molecule has 4 aromatic rings. The van der Waals surface area contributed by atoms with E-state index in [0.717, 1.165) is 39.9 Å². The summed E-state index contributed by atoms with van der Waals surface area (Å²) in [5.74, 6) is -0.232. The molecule has 28 heavy (non-hydrogen) atoms. The first-order chi connectivity index (χ1) is 13.6. The van der Waals surface area contributed by atoms with Crippen LogP contribution in [-0.4, -0.2) is 14.8 Å². The summed E-state index contributed by atoms with van der Waals surface area (Å²) in [6.07, 6.45) is 0. The van der Waals surface area contributed by atoms with Gasteiger partial charge in [0.2, 0.25) is 0 Å². The molecule has 0 aliphatic heterocycles. The Morgan fingerprint density at radius 1 is 1.00 bits per heavy atom. The van der Waals surface area contributed by atoms with Crippen molar-refractivity contribution in [2.24, 2.45) is 0 Å². The fourth-order valence-electron chi connectivity index (χ4n) is 3.18. The lowest BCUT2D eigenvalue weighted by Crippen LogP contribution is -2.14. The van der Waals surface area contributed by atoms with E-state index in [1.807, 2.05) is 35.2 Å². The van der Waals surface area contributed by atoms with Gasteiger partial charge in [-0.3, -0.25) is 0 Å². The average Bonchev–Trinajstić information content (AvgIpc) is 3.29. The number of para-hydroxylation sites is 1. The predicted octanol–water partition coefficient (Wildman–Crippen LogP) is 5.04. The third-order valence-electron chi connectivity index (χ3n) is 4.69. The zero-order chi connectivity index (χ0) is 19.5. The first-order valence-electron chi connectivity index (χ1n) is 9.13. The number of aryl methyl sites for hydroxylation is 1. The zero-order valence-electron chi connectivity index (χ0n) is 15.8. The minimum atomic E-state index is -0.232. The molecule has 142 valence electrons. The Balaban J connectivity index is 1.42. The minimum absolute atomic E-state index is 0.232. The maximum Gasteiger partial charge on any atom is 0.123 e. The van der Waals surface area contributed by atoms with Gasteiger partial charge in [-0.05, 0) is 50.2 Å². The van der Waals surface area contributed by atoms with E-state index < -0.39 is 0 Å². The third-order valence-corrected chi connectivity index (χ3v) is 5.63. The Labute approximate surface area is 167 Å². The molecule has 6 heteroatoms. The third kappa shape index (κ3) is 3.88. The number of nitrogens with zero attached hydrogens (tertiary/aromatic N) is 3. The number of nitrogens with one attached hydrogen (secondary N) is 1. The van der Waals surface area contributed by atoms with Gasteiger partial charge in [0.05, 0.1) is 17.1 Å². The Morgan fingerprint density at radius 2 is 1.75 bits per heavy atom. The van der Waals surface area contributed by atoms with E-state index in [0.29, 0.717) is 6.54 Å². The SMILES string of the molecule is Cc1nn(-c2ccccc2)c(C)c1CNCc1csc(-c2ccc(F)cc2)n1. The van der Waals surface area contributed by atoms with Crippen LogP contribution in [0.2, 0.25) is 0 Å². The summed E-state index contributed by atoms with van der Waals surface area (Å²) < 4.78 is 15.1. The topological polar surface area (TPSA) is 42.7 Å². The standard InChI is InChI=1S/C22H21FN4S/c1-15-21(16(2)27(26-15)20-6-4-3-5-7-20)13-24-12-19-14-28-22(25-19)17-8-10-18(23)11-9-17/h3-11,14,24H,12-13H2,1-2H3. The normalized spacial score (nSPS) is 11.1. The Morgan fingerprint density at radius 3 is 2.50 bits per heavy atom. The number of halogens is 1. The number of benzene rings is 2. The van der Waals surface area contributed by atoms with Gasteiger partial charge in [-0.25, -0.2) is 14.1 Å². The van der Waals surface area contributed by atoms with Crippen molar-refractivity contribution >= 4 is 11.3 Å². The first-order valence-corrected chi connectivity index (χ1v) is 10.0. The minimum Gasteiger partial charge on any atom is -0.307 e. The Hall–Kier alpha value is -2.83. The predicted molar refractivity (Wildman–Crippen MR) is 111 cm³/mol. The molecule has 0 spiro atoms. The van der Waals surface area contributed by atoms with Gasteiger partial charge in [-0.1, -0.05) is 18.2 Å². The van der Waals surface area contributed by atoms with Crippen LogP contribution in [0.3, 0.4) is 0 Å². The summed E-state index contributed by atoms with van der Waals surface area (Å²) in [4.78, 5) is 4.65. The highest BCUT2D eigenvalue weighted by Crippen LogP contribution is 2.24. The summed E-state index contributed by atoms with van der Waals surface area (Å²) in [5.41, 5.74) is 6.36. The van der Waals surface area contributed by atoms with Crippen LogP contribution in [0.4, 0.5) is 4.39 Å². The molecule has 4 nitrogen and oxygen atoms in total. The van der Waals surface area contributed by atoms with Crippen molar-refractivity contribution in [1.29, 1.82) is 0 Å². The number of hydrogen-bond donors (Lipinski definition) is 1. The second-order valence-electron chi connectivity index (χ2n) is 6.65. The molecule has 0 aliphatic rings. The van der Waals surface area contributed by atoms with Gasteiger partial charge in [0.1, 0.15) is 10.8 Å². The van der Waals surface area contributed by atoms with Gasteiger partial charge >= 0.3 is 0 Å². The fourth-order valence-corrected chi connectivity index (χ4v) is 4.01. The van der Waals surface area contributed by atoms with Crippen molar-refractivity contribution in [2.45, 2.75) is 26.9 Å². The van der Waals surface area contributed by atoms with Gasteiger partial charge in [0.15, 0.2) is 0 Å². The molecule has 0 aliphatic carbocycles. The molecule has 4 rings (SSSR count). The molecule has 2 aromatic heterocycles. The van der Waals surface area contributed by atoms with E-state index in [9.17, 15) is 4.39 Å². The monoisotopic (exact) mass is 392 g/mol. The lowest BCUT2D eigenvalue weighted by Gasteiger charge is -2.06. The quantitative estimate of drug-likeness (QED) is 0.500. The van der Waals surface area contributed by atoms with E-state index in [-0.39, 0.29) is 5.82 Å². The molecule has 0 saturated carbocycles. The molecule has 0 fully saturated rings. The highest BCUT2D eigenvalue weighted by atomic mass is 32.1. The van der Waals surface area contributed by atoms with Crippen LogP contribution in [0, 0.1) is 19.7 Å². The Bertz CT molecular complexity index is 1070. The number of thiazole rings is 1. The maximum absolute atomic E-state index is 13.1. The molecular weight excluding hydrogens is 371 g/mol. The summed E-state index contributed by atoms with van der Waals surface area (Å²) in [7, 11) is 0. The smallest absolute Gasteiger partial charge is 0.123 e. The van der Waals surface area contributed by atoms with Gasteiger partial charge in [-0.15, -0.1) is 11.3 Å². The van der Waals surface area contributed by atoms with Crippen molar-refractivity contribution in [2.75, 3.05) is 0 Å². The zero-order valence-corrected chi connectivity index (χ0v) is 16.6. The summed E-state index contributed by atoms with van der Waals surface area (Å²) >= 11 is 1.57. The highest BCUT2D eigenvalue weighted by Gasteiger charge is 2.12. The number of rotatable bonds is 6. The van der Waals surface area contributed by atoms with Crippen molar-refractivity contribution < 1.29 is 4.39 Å². The highest BCUT2D eigenvalue weighted by molar-refractivity contribution is 7.13.